The Morgan fingerprint density at radius 1 is 1.07 bits per heavy atom. The molecule has 28 heavy (non-hydrogen) atoms. The average Bonchev–Trinajstić information content (AvgIpc) is 3.04. The van der Waals surface area contributed by atoms with Crippen LogP contribution in [0, 0.1) is 10.1 Å². The summed E-state index contributed by atoms with van der Waals surface area (Å²) in [6.45, 7) is 2.39. The lowest BCUT2D eigenvalue weighted by Crippen LogP contribution is -2.49. The highest BCUT2D eigenvalue weighted by atomic mass is 16.6. The molecular weight excluding hydrogens is 362 g/mol. The Balaban J connectivity index is 1.34. The number of amides is 1. The van der Waals surface area contributed by atoms with E-state index in [1.807, 2.05) is 12.1 Å². The first kappa shape index (κ1) is 18.0. The largest absolute Gasteiger partial charge is 0.453 e. The van der Waals surface area contributed by atoms with Gasteiger partial charge in [-0.2, -0.15) is 0 Å². The lowest BCUT2D eigenvalue weighted by molar-refractivity contribution is -0.384. The van der Waals surface area contributed by atoms with Gasteiger partial charge in [0.15, 0.2) is 0 Å². The summed E-state index contributed by atoms with van der Waals surface area (Å²) in [6.07, 6.45) is -0.385. The van der Waals surface area contributed by atoms with Crippen LogP contribution in [0.15, 0.2) is 48.5 Å². The third-order valence-electron chi connectivity index (χ3n) is 5.19. The molecule has 1 atom stereocenters. The monoisotopic (exact) mass is 381 g/mol. The zero-order chi connectivity index (χ0) is 19.7. The summed E-state index contributed by atoms with van der Waals surface area (Å²) in [4.78, 5) is 38.8. The van der Waals surface area contributed by atoms with Crippen LogP contribution < -0.4 is 4.90 Å². The molecule has 2 aromatic carbocycles. The average molecular weight is 381 g/mol. The third-order valence-corrected chi connectivity index (χ3v) is 5.19. The first-order valence-electron chi connectivity index (χ1n) is 9.10. The summed E-state index contributed by atoms with van der Waals surface area (Å²) in [7, 11) is 0. The number of rotatable bonds is 4. The van der Waals surface area contributed by atoms with Crippen molar-refractivity contribution in [3.8, 4) is 0 Å². The van der Waals surface area contributed by atoms with Crippen molar-refractivity contribution in [3.63, 3.8) is 0 Å². The van der Waals surface area contributed by atoms with E-state index in [0.717, 1.165) is 11.3 Å². The quantitative estimate of drug-likeness (QED) is 0.459. The molecule has 2 aliphatic rings. The Morgan fingerprint density at radius 3 is 2.43 bits per heavy atom. The van der Waals surface area contributed by atoms with E-state index in [9.17, 15) is 19.7 Å². The number of fused-ring (bicyclic) bond motifs is 1. The molecule has 1 amide bonds. The fourth-order valence-corrected chi connectivity index (χ4v) is 3.66. The van der Waals surface area contributed by atoms with Gasteiger partial charge >= 0.3 is 5.97 Å². The van der Waals surface area contributed by atoms with Crippen LogP contribution in [0.25, 0.3) is 0 Å². The zero-order valence-corrected chi connectivity index (χ0v) is 15.1. The van der Waals surface area contributed by atoms with E-state index in [4.69, 9.17) is 4.74 Å². The Kier molecular flexibility index (Phi) is 4.68. The Morgan fingerprint density at radius 2 is 1.75 bits per heavy atom. The van der Waals surface area contributed by atoms with Gasteiger partial charge in [0.05, 0.1) is 16.9 Å². The zero-order valence-electron chi connectivity index (χ0n) is 15.1. The van der Waals surface area contributed by atoms with Crippen LogP contribution >= 0.6 is 0 Å². The number of carbonyl (C=O) groups excluding carboxylic acids is 2. The summed E-state index contributed by atoms with van der Waals surface area (Å²) in [5.41, 5.74) is 2.26. The van der Waals surface area contributed by atoms with Crippen LogP contribution in [0.4, 0.5) is 11.4 Å². The topological polar surface area (TPSA) is 93.0 Å². The molecule has 4 rings (SSSR count). The molecule has 2 aromatic rings. The number of non-ortho nitro benzene ring substituents is 1. The van der Waals surface area contributed by atoms with Crippen molar-refractivity contribution in [2.24, 2.45) is 0 Å². The van der Waals surface area contributed by atoms with E-state index in [-0.39, 0.29) is 24.0 Å². The first-order chi connectivity index (χ1) is 13.5. The third kappa shape index (κ3) is 3.40. The molecule has 0 aliphatic carbocycles. The molecule has 8 heteroatoms. The summed E-state index contributed by atoms with van der Waals surface area (Å²) in [5.74, 6) is -0.422. The van der Waals surface area contributed by atoms with E-state index >= 15 is 0 Å². The van der Waals surface area contributed by atoms with Gasteiger partial charge in [0, 0.05) is 49.6 Å². The summed E-state index contributed by atoms with van der Waals surface area (Å²) >= 11 is 0. The van der Waals surface area contributed by atoms with E-state index in [1.165, 1.54) is 12.1 Å². The second-order valence-corrected chi connectivity index (χ2v) is 6.83. The van der Waals surface area contributed by atoms with E-state index in [2.05, 4.69) is 4.90 Å². The molecule has 0 saturated carbocycles. The lowest BCUT2D eigenvalue weighted by Gasteiger charge is -2.36. The summed E-state index contributed by atoms with van der Waals surface area (Å²) in [5, 5.41) is 10.8. The molecule has 2 aliphatic heterocycles. The highest BCUT2D eigenvalue weighted by Crippen LogP contribution is 2.33. The van der Waals surface area contributed by atoms with Crippen LogP contribution in [0.2, 0.25) is 0 Å². The van der Waals surface area contributed by atoms with E-state index in [1.54, 1.807) is 29.2 Å². The fraction of sp³-hybridized carbons (Fsp3) is 0.300. The molecule has 0 N–H and O–H groups in total. The Hall–Kier alpha value is -3.42. The van der Waals surface area contributed by atoms with Gasteiger partial charge in [-0.25, -0.2) is 4.79 Å². The van der Waals surface area contributed by atoms with Crippen LogP contribution in [0.5, 0.6) is 0 Å². The number of benzene rings is 2. The number of cyclic esters (lactones) is 1. The smallest absolute Gasteiger partial charge is 0.339 e. The van der Waals surface area contributed by atoms with Crippen LogP contribution in [-0.2, 0) is 9.53 Å². The Bertz CT molecular complexity index is 920. The van der Waals surface area contributed by atoms with E-state index < -0.39 is 11.0 Å². The van der Waals surface area contributed by atoms with Crippen molar-refractivity contribution in [2.45, 2.75) is 12.5 Å². The van der Waals surface area contributed by atoms with Crippen molar-refractivity contribution >= 4 is 23.3 Å². The van der Waals surface area contributed by atoms with Crippen molar-refractivity contribution in [1.29, 1.82) is 0 Å². The molecule has 0 aromatic heterocycles. The lowest BCUT2D eigenvalue weighted by atomic mass is 10.0. The molecule has 0 radical (unpaired) electrons. The Labute approximate surface area is 161 Å². The van der Waals surface area contributed by atoms with Gasteiger partial charge in [-0.1, -0.05) is 18.2 Å². The second-order valence-electron chi connectivity index (χ2n) is 6.83. The van der Waals surface area contributed by atoms with Crippen molar-refractivity contribution in [1.82, 2.24) is 4.90 Å². The molecule has 8 nitrogen and oxygen atoms in total. The van der Waals surface area contributed by atoms with Gasteiger partial charge < -0.3 is 14.5 Å². The number of nitrogens with zero attached hydrogens (tertiary/aromatic N) is 3. The number of carbonyl (C=O) groups is 2. The molecule has 2 heterocycles. The fourth-order valence-electron chi connectivity index (χ4n) is 3.66. The van der Waals surface area contributed by atoms with Gasteiger partial charge in [0.1, 0.15) is 6.10 Å². The molecule has 0 bridgehead atoms. The highest BCUT2D eigenvalue weighted by molar-refractivity contribution is 5.94. The number of piperazine rings is 1. The maximum atomic E-state index is 12.7. The second kappa shape index (κ2) is 7.30. The van der Waals surface area contributed by atoms with Crippen LogP contribution in [-0.4, -0.2) is 47.9 Å². The SMILES string of the molecule is O=C1OC(CC(=O)N2CCN(c3ccc([N+](=O)[O-])cc3)CC2)c2ccccc21. The minimum Gasteiger partial charge on any atom is -0.453 e. The molecule has 0 spiro atoms. The standard InChI is InChI=1S/C20H19N3O5/c24-19(13-18-16-3-1-2-4-17(16)20(25)28-18)22-11-9-21(10-12-22)14-5-7-15(8-6-14)23(26)27/h1-8,18H,9-13H2. The number of ether oxygens (including phenoxy) is 1. The predicted octanol–water partition coefficient (Wildman–Crippen LogP) is 2.55. The number of esters is 1. The molecule has 1 fully saturated rings. The summed E-state index contributed by atoms with van der Waals surface area (Å²) in [6, 6.07) is 13.6. The number of anilines is 1. The normalized spacial score (nSPS) is 18.6. The van der Waals surface area contributed by atoms with Gasteiger partial charge in [-0.3, -0.25) is 14.9 Å². The van der Waals surface area contributed by atoms with Gasteiger partial charge in [0.25, 0.3) is 5.69 Å². The van der Waals surface area contributed by atoms with Crippen LogP contribution in [0.1, 0.15) is 28.4 Å². The minimum atomic E-state index is -0.524. The summed E-state index contributed by atoms with van der Waals surface area (Å²) < 4.78 is 5.36. The predicted molar refractivity (Wildman–Crippen MR) is 101 cm³/mol. The van der Waals surface area contributed by atoms with Crippen molar-refractivity contribution in [3.05, 3.63) is 69.8 Å². The molecule has 1 saturated heterocycles. The maximum Gasteiger partial charge on any atom is 0.339 e. The van der Waals surface area contributed by atoms with Crippen LogP contribution in [0.3, 0.4) is 0 Å². The van der Waals surface area contributed by atoms with Gasteiger partial charge in [-0.05, 0) is 18.2 Å². The highest BCUT2D eigenvalue weighted by Gasteiger charge is 2.33. The number of hydrogen-bond donors (Lipinski definition) is 0. The van der Waals surface area contributed by atoms with Crippen molar-refractivity contribution < 1.29 is 19.2 Å². The number of nitro groups is 1. The molecular formula is C20H19N3O5. The van der Waals surface area contributed by atoms with Gasteiger partial charge in [0.2, 0.25) is 5.91 Å². The minimum absolute atomic E-state index is 0.0437. The maximum absolute atomic E-state index is 12.7. The number of nitro benzene ring substituents is 1. The first-order valence-corrected chi connectivity index (χ1v) is 9.10. The van der Waals surface area contributed by atoms with E-state index in [0.29, 0.717) is 31.7 Å². The number of hydrogen-bond acceptors (Lipinski definition) is 6. The molecule has 1 unspecified atom stereocenters. The molecule has 144 valence electrons. The van der Waals surface area contributed by atoms with Gasteiger partial charge in [-0.15, -0.1) is 0 Å². The van der Waals surface area contributed by atoms with Crippen molar-refractivity contribution in [2.75, 3.05) is 31.1 Å².